The fourth-order valence-corrected chi connectivity index (χ4v) is 3.09. The normalized spacial score (nSPS) is 11.2. The Morgan fingerprint density at radius 1 is 1.21 bits per heavy atom. The van der Waals surface area contributed by atoms with Gasteiger partial charge in [-0.05, 0) is 17.7 Å². The van der Waals surface area contributed by atoms with Gasteiger partial charge in [-0.25, -0.2) is 14.5 Å². The number of nitrogens with one attached hydrogen (secondary N) is 2. The summed E-state index contributed by atoms with van der Waals surface area (Å²) >= 11 is 1.33. The van der Waals surface area contributed by atoms with E-state index >= 15 is 0 Å². The number of hydrogen-bond acceptors (Lipinski definition) is 5. The molecule has 3 rings (SSSR count). The molecule has 4 N–H and O–H groups in total. The van der Waals surface area contributed by atoms with Crippen LogP contribution in [0.5, 0.6) is 0 Å². The van der Waals surface area contributed by atoms with E-state index in [9.17, 15) is 9.59 Å². The van der Waals surface area contributed by atoms with Crippen molar-refractivity contribution < 1.29 is 9.59 Å². The van der Waals surface area contributed by atoms with Crippen molar-refractivity contribution >= 4 is 34.2 Å². The van der Waals surface area contributed by atoms with Crippen LogP contribution in [0.25, 0.3) is 5.69 Å². The van der Waals surface area contributed by atoms with Crippen LogP contribution in [0, 0.1) is 0 Å². The molecule has 3 aromatic rings. The van der Waals surface area contributed by atoms with Crippen LogP contribution in [0.1, 0.15) is 32.0 Å². The first kappa shape index (κ1) is 19.6. The van der Waals surface area contributed by atoms with Crippen molar-refractivity contribution in [1.29, 1.82) is 0 Å². The molecule has 2 aromatic heterocycles. The Hall–Kier alpha value is -3.20. The molecule has 0 atom stereocenters. The SMILES string of the molecule is CC(C)(C)c1cc(NC(=O)Nc2nccs2)n(-c2cccc(CC(N)=O)c2)n1. The first-order valence-electron chi connectivity index (χ1n) is 8.68. The minimum absolute atomic E-state index is 0.133. The summed E-state index contributed by atoms with van der Waals surface area (Å²) in [5.74, 6) is 0.101. The van der Waals surface area contributed by atoms with Crippen molar-refractivity contribution in [3.8, 4) is 5.69 Å². The minimum atomic E-state index is -0.412. The van der Waals surface area contributed by atoms with Gasteiger partial charge in [-0.1, -0.05) is 32.9 Å². The predicted molar refractivity (Wildman–Crippen MR) is 110 cm³/mol. The fraction of sp³-hybridized carbons (Fsp3) is 0.263. The molecule has 0 fully saturated rings. The van der Waals surface area contributed by atoms with E-state index in [0.29, 0.717) is 10.9 Å². The molecule has 2 heterocycles. The number of carbonyl (C=O) groups is 2. The van der Waals surface area contributed by atoms with Gasteiger partial charge < -0.3 is 5.73 Å². The van der Waals surface area contributed by atoms with Gasteiger partial charge in [-0.15, -0.1) is 11.3 Å². The number of hydrogen-bond donors (Lipinski definition) is 3. The van der Waals surface area contributed by atoms with E-state index in [-0.39, 0.29) is 11.8 Å². The molecular formula is C19H22N6O2S. The molecule has 8 nitrogen and oxygen atoms in total. The Kier molecular flexibility index (Phi) is 5.46. The molecule has 0 spiro atoms. The summed E-state index contributed by atoms with van der Waals surface area (Å²) in [6.45, 7) is 6.13. The third-order valence-corrected chi connectivity index (χ3v) is 4.59. The molecule has 0 unspecified atom stereocenters. The Labute approximate surface area is 166 Å². The average Bonchev–Trinajstić information content (AvgIpc) is 3.24. The number of amides is 3. The lowest BCUT2D eigenvalue weighted by molar-refractivity contribution is -0.117. The molecule has 146 valence electrons. The number of nitrogens with zero attached hydrogens (tertiary/aromatic N) is 3. The van der Waals surface area contributed by atoms with Gasteiger partial charge in [-0.2, -0.15) is 5.10 Å². The molecule has 0 bridgehead atoms. The maximum absolute atomic E-state index is 12.4. The molecule has 0 saturated heterocycles. The molecule has 3 amide bonds. The number of aromatic nitrogens is 3. The maximum atomic E-state index is 12.4. The zero-order valence-electron chi connectivity index (χ0n) is 15.9. The van der Waals surface area contributed by atoms with Gasteiger partial charge in [0.2, 0.25) is 5.91 Å². The van der Waals surface area contributed by atoms with Crippen LogP contribution in [0.3, 0.4) is 0 Å². The highest BCUT2D eigenvalue weighted by atomic mass is 32.1. The quantitative estimate of drug-likeness (QED) is 0.611. The molecule has 28 heavy (non-hydrogen) atoms. The molecular weight excluding hydrogens is 376 g/mol. The maximum Gasteiger partial charge on any atom is 0.326 e. The Balaban J connectivity index is 1.94. The molecule has 0 radical (unpaired) electrons. The molecule has 0 aliphatic carbocycles. The van der Waals surface area contributed by atoms with E-state index in [4.69, 9.17) is 5.73 Å². The zero-order valence-corrected chi connectivity index (χ0v) is 16.7. The van der Waals surface area contributed by atoms with Gasteiger partial charge in [0.25, 0.3) is 0 Å². The minimum Gasteiger partial charge on any atom is -0.369 e. The summed E-state index contributed by atoms with van der Waals surface area (Å²) in [4.78, 5) is 27.7. The molecule has 0 saturated carbocycles. The van der Waals surface area contributed by atoms with Gasteiger partial charge in [0.15, 0.2) is 5.13 Å². The van der Waals surface area contributed by atoms with E-state index in [0.717, 1.165) is 16.9 Å². The molecule has 0 aliphatic heterocycles. The summed E-state index contributed by atoms with van der Waals surface area (Å²) in [5.41, 5.74) is 7.41. The lowest BCUT2D eigenvalue weighted by Crippen LogP contribution is -2.21. The van der Waals surface area contributed by atoms with Gasteiger partial charge in [0.05, 0.1) is 17.8 Å². The summed E-state index contributed by atoms with van der Waals surface area (Å²) in [6.07, 6.45) is 1.75. The number of primary amides is 1. The highest BCUT2D eigenvalue weighted by molar-refractivity contribution is 7.13. The van der Waals surface area contributed by atoms with Crippen LogP contribution in [-0.2, 0) is 16.6 Å². The lowest BCUT2D eigenvalue weighted by atomic mass is 9.92. The summed E-state index contributed by atoms with van der Waals surface area (Å²) in [5, 5.41) is 12.5. The first-order chi connectivity index (χ1) is 13.2. The van der Waals surface area contributed by atoms with Crippen LogP contribution in [0.4, 0.5) is 15.7 Å². The van der Waals surface area contributed by atoms with E-state index < -0.39 is 11.9 Å². The van der Waals surface area contributed by atoms with Crippen molar-refractivity contribution in [3.05, 3.63) is 53.2 Å². The van der Waals surface area contributed by atoms with Gasteiger partial charge in [0.1, 0.15) is 5.82 Å². The van der Waals surface area contributed by atoms with Crippen molar-refractivity contribution in [3.63, 3.8) is 0 Å². The smallest absolute Gasteiger partial charge is 0.326 e. The van der Waals surface area contributed by atoms with Crippen molar-refractivity contribution in [1.82, 2.24) is 14.8 Å². The zero-order chi connectivity index (χ0) is 20.3. The molecule has 9 heteroatoms. The van der Waals surface area contributed by atoms with Crippen LogP contribution < -0.4 is 16.4 Å². The summed E-state index contributed by atoms with van der Waals surface area (Å²) < 4.78 is 1.65. The predicted octanol–water partition coefficient (Wildman–Crippen LogP) is 3.30. The Morgan fingerprint density at radius 2 is 2.00 bits per heavy atom. The lowest BCUT2D eigenvalue weighted by Gasteiger charge is -2.14. The number of anilines is 2. The second-order valence-electron chi connectivity index (χ2n) is 7.31. The standard InChI is InChI=1S/C19H22N6O2S/c1-19(2,3)14-11-16(22-17(27)23-18-21-7-8-28-18)25(24-14)13-6-4-5-12(9-13)10-15(20)26/h4-9,11H,10H2,1-3H3,(H2,20,26)(H2,21,22,23,27). The topological polar surface area (TPSA) is 115 Å². The Bertz CT molecular complexity index is 988. The third-order valence-electron chi connectivity index (χ3n) is 3.91. The van der Waals surface area contributed by atoms with Crippen molar-refractivity contribution in [2.45, 2.75) is 32.6 Å². The second-order valence-corrected chi connectivity index (χ2v) is 8.20. The van der Waals surface area contributed by atoms with Gasteiger partial charge in [0, 0.05) is 23.1 Å². The van der Waals surface area contributed by atoms with Gasteiger partial charge >= 0.3 is 6.03 Å². The van der Waals surface area contributed by atoms with Crippen LogP contribution in [-0.4, -0.2) is 26.7 Å². The molecule has 1 aromatic carbocycles. The van der Waals surface area contributed by atoms with Crippen LogP contribution >= 0.6 is 11.3 Å². The highest BCUT2D eigenvalue weighted by Crippen LogP contribution is 2.27. The number of rotatable bonds is 5. The second kappa shape index (κ2) is 7.81. The van der Waals surface area contributed by atoms with Crippen LogP contribution in [0.2, 0.25) is 0 Å². The Morgan fingerprint density at radius 3 is 2.64 bits per heavy atom. The van der Waals surface area contributed by atoms with Crippen molar-refractivity contribution in [2.75, 3.05) is 10.6 Å². The number of benzene rings is 1. The van der Waals surface area contributed by atoms with E-state index in [2.05, 4.69) is 20.7 Å². The third kappa shape index (κ3) is 4.74. The first-order valence-corrected chi connectivity index (χ1v) is 9.56. The van der Waals surface area contributed by atoms with E-state index in [1.807, 2.05) is 51.1 Å². The summed E-state index contributed by atoms with van der Waals surface area (Å²) in [7, 11) is 0. The fourth-order valence-electron chi connectivity index (χ4n) is 2.56. The van der Waals surface area contributed by atoms with E-state index in [1.54, 1.807) is 16.3 Å². The van der Waals surface area contributed by atoms with Gasteiger partial charge in [-0.3, -0.25) is 15.4 Å². The average molecular weight is 398 g/mol. The number of urea groups is 1. The number of carbonyl (C=O) groups excluding carboxylic acids is 2. The van der Waals surface area contributed by atoms with Crippen molar-refractivity contribution in [2.24, 2.45) is 5.73 Å². The number of nitrogens with two attached hydrogens (primary N) is 1. The largest absolute Gasteiger partial charge is 0.369 e. The van der Waals surface area contributed by atoms with E-state index in [1.165, 1.54) is 11.3 Å². The summed E-state index contributed by atoms with van der Waals surface area (Å²) in [6, 6.07) is 8.75. The monoisotopic (exact) mass is 398 g/mol. The molecule has 0 aliphatic rings. The number of thiazole rings is 1. The van der Waals surface area contributed by atoms with Crippen LogP contribution in [0.15, 0.2) is 41.9 Å². The highest BCUT2D eigenvalue weighted by Gasteiger charge is 2.22.